The molecule has 110 valence electrons. The van der Waals surface area contributed by atoms with Gasteiger partial charge in [0.15, 0.2) is 5.16 Å². The van der Waals surface area contributed by atoms with E-state index in [2.05, 4.69) is 20.3 Å². The van der Waals surface area contributed by atoms with Crippen molar-refractivity contribution in [2.75, 3.05) is 22.5 Å². The first-order valence-electron chi connectivity index (χ1n) is 5.90. The summed E-state index contributed by atoms with van der Waals surface area (Å²) in [7, 11) is 0. The number of nitrogens with one attached hydrogen (secondary N) is 1. The zero-order valence-electron chi connectivity index (χ0n) is 11.1. The van der Waals surface area contributed by atoms with Gasteiger partial charge in [-0.15, -0.1) is 0 Å². The maximum atomic E-state index is 11.9. The molecule has 2 aromatic rings. The second-order valence-electron chi connectivity index (χ2n) is 4.15. The molecule has 7 nitrogen and oxygen atoms in total. The minimum Gasteiger partial charge on any atom is -0.368 e. The number of aryl methyl sites for hydroxylation is 1. The number of hydrogen-bond donors (Lipinski definition) is 3. The van der Waals surface area contributed by atoms with Crippen molar-refractivity contribution in [2.45, 2.75) is 12.1 Å². The molecule has 0 bridgehead atoms. The molecule has 0 radical (unpaired) electrons. The Kier molecular flexibility index (Phi) is 4.81. The third-order valence-corrected chi connectivity index (χ3v) is 3.54. The van der Waals surface area contributed by atoms with E-state index in [0.29, 0.717) is 15.9 Å². The molecular weight excluding hydrogens is 312 g/mol. The molecule has 0 atom stereocenters. The van der Waals surface area contributed by atoms with Gasteiger partial charge in [-0.25, -0.2) is 0 Å². The fraction of sp³-hybridized carbons (Fsp3) is 0.167. The number of amides is 1. The van der Waals surface area contributed by atoms with Gasteiger partial charge >= 0.3 is 0 Å². The number of hydrogen-bond acceptors (Lipinski definition) is 7. The lowest BCUT2D eigenvalue weighted by Gasteiger charge is -2.07. The third kappa shape index (κ3) is 4.47. The summed E-state index contributed by atoms with van der Waals surface area (Å²) in [5.74, 6) is -0.0881. The SMILES string of the molecule is Cc1ccc(NC(=O)CSc2nc(N)nc(N)n2)c(Cl)c1. The van der Waals surface area contributed by atoms with Crippen molar-refractivity contribution in [3.63, 3.8) is 0 Å². The number of thioether (sulfide) groups is 1. The van der Waals surface area contributed by atoms with Crippen LogP contribution < -0.4 is 16.8 Å². The predicted octanol–water partition coefficient (Wildman–Crippen LogP) is 1.73. The first-order chi connectivity index (χ1) is 9.94. The number of rotatable bonds is 4. The smallest absolute Gasteiger partial charge is 0.234 e. The zero-order valence-corrected chi connectivity index (χ0v) is 12.7. The van der Waals surface area contributed by atoms with E-state index in [1.807, 2.05) is 13.0 Å². The number of nitrogens with zero attached hydrogens (tertiary/aromatic N) is 3. The zero-order chi connectivity index (χ0) is 15.4. The van der Waals surface area contributed by atoms with Crippen molar-refractivity contribution in [2.24, 2.45) is 0 Å². The Morgan fingerprint density at radius 2 is 1.95 bits per heavy atom. The highest BCUT2D eigenvalue weighted by molar-refractivity contribution is 7.99. The van der Waals surface area contributed by atoms with Gasteiger partial charge in [-0.05, 0) is 24.6 Å². The maximum absolute atomic E-state index is 11.9. The summed E-state index contributed by atoms with van der Waals surface area (Å²) >= 11 is 7.15. The first kappa shape index (κ1) is 15.3. The molecule has 1 heterocycles. The van der Waals surface area contributed by atoms with Crippen LogP contribution in [0.2, 0.25) is 5.02 Å². The summed E-state index contributed by atoms with van der Waals surface area (Å²) in [6.07, 6.45) is 0. The van der Waals surface area contributed by atoms with Crippen LogP contribution in [0.3, 0.4) is 0 Å². The van der Waals surface area contributed by atoms with Crippen LogP contribution in [-0.4, -0.2) is 26.6 Å². The molecule has 1 aromatic carbocycles. The average molecular weight is 325 g/mol. The Morgan fingerprint density at radius 3 is 2.57 bits per heavy atom. The highest BCUT2D eigenvalue weighted by atomic mass is 35.5. The van der Waals surface area contributed by atoms with E-state index in [1.54, 1.807) is 12.1 Å². The fourth-order valence-electron chi connectivity index (χ4n) is 1.49. The van der Waals surface area contributed by atoms with E-state index in [-0.39, 0.29) is 23.6 Å². The van der Waals surface area contributed by atoms with E-state index in [4.69, 9.17) is 23.1 Å². The van der Waals surface area contributed by atoms with E-state index in [0.717, 1.165) is 17.3 Å². The van der Waals surface area contributed by atoms with E-state index >= 15 is 0 Å². The molecule has 21 heavy (non-hydrogen) atoms. The summed E-state index contributed by atoms with van der Waals surface area (Å²) in [6.45, 7) is 1.92. The molecule has 0 aliphatic rings. The highest BCUT2D eigenvalue weighted by Gasteiger charge is 2.09. The van der Waals surface area contributed by atoms with Crippen LogP contribution in [0.4, 0.5) is 17.6 Å². The van der Waals surface area contributed by atoms with Gasteiger partial charge in [-0.2, -0.15) is 15.0 Å². The fourth-order valence-corrected chi connectivity index (χ4v) is 2.42. The maximum Gasteiger partial charge on any atom is 0.234 e. The van der Waals surface area contributed by atoms with E-state index < -0.39 is 0 Å². The lowest BCUT2D eigenvalue weighted by molar-refractivity contribution is -0.113. The van der Waals surface area contributed by atoms with Crippen molar-refractivity contribution in [3.8, 4) is 0 Å². The minimum absolute atomic E-state index is 0.0204. The summed E-state index contributed by atoms with van der Waals surface area (Å²) < 4.78 is 0. The number of halogens is 1. The quantitative estimate of drug-likeness (QED) is 0.732. The second kappa shape index (κ2) is 6.59. The molecule has 0 saturated carbocycles. The van der Waals surface area contributed by atoms with Crippen molar-refractivity contribution in [1.82, 2.24) is 15.0 Å². The van der Waals surface area contributed by atoms with E-state index in [9.17, 15) is 4.79 Å². The number of carbonyl (C=O) groups is 1. The standard InChI is InChI=1S/C12H13ClN6OS/c1-6-2-3-8(7(13)4-6)16-9(20)5-21-12-18-10(14)17-11(15)19-12/h2-4H,5H2,1H3,(H,16,20)(H4,14,15,17,18,19). The number of anilines is 3. The summed E-state index contributed by atoms with van der Waals surface area (Å²) in [5, 5.41) is 3.50. The lowest BCUT2D eigenvalue weighted by atomic mass is 10.2. The topological polar surface area (TPSA) is 120 Å². The first-order valence-corrected chi connectivity index (χ1v) is 7.26. The van der Waals surface area contributed by atoms with Gasteiger partial charge in [0, 0.05) is 0 Å². The lowest BCUT2D eigenvalue weighted by Crippen LogP contribution is -2.15. The van der Waals surface area contributed by atoms with Gasteiger partial charge in [0.1, 0.15) is 0 Å². The largest absolute Gasteiger partial charge is 0.368 e. The molecule has 0 spiro atoms. The number of carbonyl (C=O) groups excluding carboxylic acids is 1. The summed E-state index contributed by atoms with van der Waals surface area (Å²) in [4.78, 5) is 23.3. The summed E-state index contributed by atoms with van der Waals surface area (Å²) in [6, 6.07) is 5.39. The third-order valence-electron chi connectivity index (χ3n) is 2.38. The van der Waals surface area contributed by atoms with Crippen LogP contribution in [0.5, 0.6) is 0 Å². The van der Waals surface area contributed by atoms with Gasteiger partial charge in [0.25, 0.3) is 0 Å². The molecule has 9 heteroatoms. The Hall–Kier alpha value is -2.06. The van der Waals surface area contributed by atoms with Crippen LogP contribution in [0.15, 0.2) is 23.4 Å². The molecule has 0 aliphatic carbocycles. The monoisotopic (exact) mass is 324 g/mol. The molecular formula is C12H13ClN6OS. The molecule has 1 aromatic heterocycles. The van der Waals surface area contributed by atoms with E-state index in [1.165, 1.54) is 0 Å². The van der Waals surface area contributed by atoms with Crippen LogP contribution in [-0.2, 0) is 4.79 Å². The van der Waals surface area contributed by atoms with Crippen molar-refractivity contribution in [3.05, 3.63) is 28.8 Å². The van der Waals surface area contributed by atoms with Crippen molar-refractivity contribution < 1.29 is 4.79 Å². The van der Waals surface area contributed by atoms with Gasteiger partial charge < -0.3 is 16.8 Å². The summed E-state index contributed by atoms with van der Waals surface area (Å²) in [5.41, 5.74) is 12.5. The van der Waals surface area contributed by atoms with Crippen molar-refractivity contribution >= 4 is 46.9 Å². The van der Waals surface area contributed by atoms with Gasteiger partial charge in [0.05, 0.1) is 16.5 Å². The highest BCUT2D eigenvalue weighted by Crippen LogP contribution is 2.23. The van der Waals surface area contributed by atoms with Gasteiger partial charge in [0.2, 0.25) is 17.8 Å². The molecule has 0 saturated heterocycles. The van der Waals surface area contributed by atoms with Crippen LogP contribution in [0, 0.1) is 6.92 Å². The van der Waals surface area contributed by atoms with Gasteiger partial charge in [-0.3, -0.25) is 4.79 Å². The number of nitrogens with two attached hydrogens (primary N) is 2. The molecule has 0 aliphatic heterocycles. The predicted molar refractivity (Wildman–Crippen MR) is 84.2 cm³/mol. The van der Waals surface area contributed by atoms with Gasteiger partial charge in [-0.1, -0.05) is 29.4 Å². The Bertz CT molecular complexity index is 661. The Balaban J connectivity index is 1.95. The normalized spacial score (nSPS) is 10.4. The minimum atomic E-state index is -0.233. The average Bonchev–Trinajstić information content (AvgIpc) is 2.39. The van der Waals surface area contributed by atoms with Crippen LogP contribution in [0.25, 0.3) is 0 Å². The Morgan fingerprint density at radius 1 is 1.29 bits per heavy atom. The molecule has 5 N–H and O–H groups in total. The number of benzene rings is 1. The number of aromatic nitrogens is 3. The molecule has 0 unspecified atom stereocenters. The second-order valence-corrected chi connectivity index (χ2v) is 5.50. The molecule has 1 amide bonds. The molecule has 2 rings (SSSR count). The molecule has 0 fully saturated rings. The van der Waals surface area contributed by atoms with Crippen LogP contribution in [0.1, 0.15) is 5.56 Å². The van der Waals surface area contributed by atoms with Crippen LogP contribution >= 0.6 is 23.4 Å². The number of nitrogen functional groups attached to an aromatic ring is 2. The Labute approximate surface area is 130 Å². The van der Waals surface area contributed by atoms with Crippen molar-refractivity contribution in [1.29, 1.82) is 0 Å².